The van der Waals surface area contributed by atoms with E-state index in [9.17, 15) is 5.11 Å². The molecule has 1 saturated carbocycles. The lowest BCUT2D eigenvalue weighted by Gasteiger charge is -2.26. The van der Waals surface area contributed by atoms with Crippen molar-refractivity contribution < 1.29 is 5.11 Å². The molecule has 1 aliphatic carbocycles. The van der Waals surface area contributed by atoms with Crippen LogP contribution in [0.25, 0.3) is 0 Å². The highest BCUT2D eigenvalue weighted by atomic mass is 16.3. The number of aryl methyl sites for hydroxylation is 2. The summed E-state index contributed by atoms with van der Waals surface area (Å²) in [5.41, 5.74) is 2.74. The van der Waals surface area contributed by atoms with Gasteiger partial charge >= 0.3 is 0 Å². The van der Waals surface area contributed by atoms with Crippen molar-refractivity contribution in [2.45, 2.75) is 57.3 Å². The maximum Gasteiger partial charge on any atom is 0.139 e. The van der Waals surface area contributed by atoms with Crippen LogP contribution in [0, 0.1) is 0 Å². The summed E-state index contributed by atoms with van der Waals surface area (Å²) in [7, 11) is 1.85. The molecular weight excluding hydrogens is 290 g/mol. The van der Waals surface area contributed by atoms with Crippen LogP contribution in [0.15, 0.2) is 18.3 Å². The largest absolute Gasteiger partial charge is 0.380 e. The van der Waals surface area contributed by atoms with Gasteiger partial charge < -0.3 is 5.11 Å². The van der Waals surface area contributed by atoms with Gasteiger partial charge in [-0.25, -0.2) is 0 Å². The van der Waals surface area contributed by atoms with Crippen LogP contribution >= 0.6 is 0 Å². The number of aliphatic hydroxyl groups is 1. The summed E-state index contributed by atoms with van der Waals surface area (Å²) in [6, 6.07) is 4.66. The summed E-state index contributed by atoms with van der Waals surface area (Å²) >= 11 is 0. The minimum atomic E-state index is -0.707. The molecule has 0 amide bonds. The first-order chi connectivity index (χ1) is 11.2. The highest BCUT2D eigenvalue weighted by Gasteiger charge is 2.27. The van der Waals surface area contributed by atoms with E-state index in [0.29, 0.717) is 0 Å². The molecule has 0 aromatic carbocycles. The van der Waals surface area contributed by atoms with E-state index in [4.69, 9.17) is 0 Å². The third-order valence-corrected chi connectivity index (χ3v) is 5.32. The van der Waals surface area contributed by atoms with Gasteiger partial charge in [0.2, 0.25) is 0 Å². The summed E-state index contributed by atoms with van der Waals surface area (Å²) in [6.45, 7) is 3.06. The highest BCUT2D eigenvalue weighted by Crippen LogP contribution is 2.28. The van der Waals surface area contributed by atoms with Gasteiger partial charge in [0.25, 0.3) is 0 Å². The average molecular weight is 315 g/mol. The summed E-state index contributed by atoms with van der Waals surface area (Å²) in [4.78, 5) is 2.62. The lowest BCUT2D eigenvalue weighted by Crippen LogP contribution is -2.32. The molecule has 1 aliphatic heterocycles. The summed E-state index contributed by atoms with van der Waals surface area (Å²) < 4.78 is 3.80. The number of rotatable bonds is 3. The quantitative estimate of drug-likeness (QED) is 0.939. The second kappa shape index (κ2) is 6.09. The van der Waals surface area contributed by atoms with Gasteiger partial charge in [-0.2, -0.15) is 10.2 Å². The lowest BCUT2D eigenvalue weighted by molar-refractivity contribution is 0.191. The fourth-order valence-corrected chi connectivity index (χ4v) is 4.03. The molecule has 2 aromatic rings. The van der Waals surface area contributed by atoms with Gasteiger partial charge in [-0.1, -0.05) is 12.8 Å². The fraction of sp³-hybridized carbons (Fsp3) is 0.647. The molecule has 0 spiro atoms. The Morgan fingerprint density at radius 3 is 2.78 bits per heavy atom. The first-order valence-corrected chi connectivity index (χ1v) is 8.69. The number of aliphatic hydroxyl groups excluding tert-OH is 1. The van der Waals surface area contributed by atoms with Crippen LogP contribution in [0.5, 0.6) is 0 Å². The summed E-state index contributed by atoms with van der Waals surface area (Å²) in [6.07, 6.45) is 7.53. The molecule has 1 atom stereocenters. The Morgan fingerprint density at radius 2 is 2.04 bits per heavy atom. The first-order valence-electron chi connectivity index (χ1n) is 8.69. The average Bonchev–Trinajstić information content (AvgIpc) is 3.26. The molecule has 2 aromatic heterocycles. The zero-order valence-electron chi connectivity index (χ0n) is 13.7. The fourth-order valence-electron chi connectivity index (χ4n) is 4.03. The number of nitrogens with zero attached hydrogens (tertiary/aromatic N) is 5. The molecular formula is C17H25N5O. The molecule has 0 saturated heterocycles. The summed E-state index contributed by atoms with van der Waals surface area (Å²) in [5.74, 6) is 0. The second-order valence-electron chi connectivity index (χ2n) is 6.83. The predicted molar refractivity (Wildman–Crippen MR) is 86.8 cm³/mol. The Labute approximate surface area is 136 Å². The van der Waals surface area contributed by atoms with Gasteiger partial charge in [-0.3, -0.25) is 14.3 Å². The Balaban J connectivity index is 1.57. The van der Waals surface area contributed by atoms with Crippen LogP contribution < -0.4 is 0 Å². The van der Waals surface area contributed by atoms with Crippen LogP contribution in [-0.2, 0) is 20.1 Å². The maximum absolute atomic E-state index is 10.6. The number of aromatic nitrogens is 4. The van der Waals surface area contributed by atoms with E-state index in [1.807, 2.05) is 13.1 Å². The van der Waals surface area contributed by atoms with Crippen molar-refractivity contribution in [3.63, 3.8) is 0 Å². The van der Waals surface area contributed by atoms with E-state index in [1.165, 1.54) is 31.4 Å². The van der Waals surface area contributed by atoms with Crippen LogP contribution in [0.2, 0.25) is 0 Å². The molecule has 3 heterocycles. The van der Waals surface area contributed by atoms with Crippen LogP contribution in [0.4, 0.5) is 0 Å². The molecule has 0 unspecified atom stereocenters. The summed E-state index contributed by atoms with van der Waals surface area (Å²) in [5, 5.41) is 19.4. The predicted octanol–water partition coefficient (Wildman–Crippen LogP) is 1.85. The SMILES string of the molecule is Cn1nccc1[C@@H](O)c1cc2n(n1)CCCN(C1CCCC1)C2. The zero-order valence-corrected chi connectivity index (χ0v) is 13.7. The Bertz CT molecular complexity index is 670. The molecule has 124 valence electrons. The van der Waals surface area contributed by atoms with Crippen molar-refractivity contribution in [2.75, 3.05) is 6.54 Å². The van der Waals surface area contributed by atoms with E-state index in [0.717, 1.165) is 43.5 Å². The van der Waals surface area contributed by atoms with Gasteiger partial charge in [0, 0.05) is 38.9 Å². The molecule has 2 aliphatic rings. The van der Waals surface area contributed by atoms with Crippen molar-refractivity contribution in [1.29, 1.82) is 0 Å². The monoisotopic (exact) mass is 315 g/mol. The minimum absolute atomic E-state index is 0.707. The molecule has 1 N–H and O–H groups in total. The highest BCUT2D eigenvalue weighted by molar-refractivity contribution is 5.21. The van der Waals surface area contributed by atoms with Crippen LogP contribution in [-0.4, -0.2) is 42.2 Å². The molecule has 6 nitrogen and oxygen atoms in total. The third-order valence-electron chi connectivity index (χ3n) is 5.32. The Hall–Kier alpha value is -1.66. The van der Waals surface area contributed by atoms with E-state index < -0.39 is 6.10 Å². The zero-order chi connectivity index (χ0) is 15.8. The number of hydrogen-bond donors (Lipinski definition) is 1. The van der Waals surface area contributed by atoms with Gasteiger partial charge in [-0.15, -0.1) is 0 Å². The smallest absolute Gasteiger partial charge is 0.139 e. The molecule has 0 radical (unpaired) electrons. The molecule has 1 fully saturated rings. The normalized spacial score (nSPS) is 21.3. The van der Waals surface area contributed by atoms with Crippen molar-refractivity contribution >= 4 is 0 Å². The molecule has 0 bridgehead atoms. The Kier molecular flexibility index (Phi) is 3.95. The molecule has 4 rings (SSSR count). The van der Waals surface area contributed by atoms with Gasteiger partial charge in [-0.05, 0) is 31.4 Å². The maximum atomic E-state index is 10.6. The van der Waals surface area contributed by atoms with E-state index in [2.05, 4.69) is 25.8 Å². The molecule has 6 heteroatoms. The minimum Gasteiger partial charge on any atom is -0.380 e. The topological polar surface area (TPSA) is 59.1 Å². The lowest BCUT2D eigenvalue weighted by atomic mass is 10.1. The van der Waals surface area contributed by atoms with Gasteiger partial charge in [0.1, 0.15) is 6.10 Å². The van der Waals surface area contributed by atoms with Crippen LogP contribution in [0.3, 0.4) is 0 Å². The van der Waals surface area contributed by atoms with Gasteiger partial charge in [0.15, 0.2) is 0 Å². The van der Waals surface area contributed by atoms with Crippen molar-refractivity contribution in [1.82, 2.24) is 24.5 Å². The van der Waals surface area contributed by atoms with E-state index in [-0.39, 0.29) is 0 Å². The molecule has 23 heavy (non-hydrogen) atoms. The van der Waals surface area contributed by atoms with Crippen molar-refractivity contribution in [3.05, 3.63) is 35.4 Å². The Morgan fingerprint density at radius 1 is 1.22 bits per heavy atom. The van der Waals surface area contributed by atoms with E-state index >= 15 is 0 Å². The van der Waals surface area contributed by atoms with Crippen molar-refractivity contribution in [2.24, 2.45) is 7.05 Å². The second-order valence-corrected chi connectivity index (χ2v) is 6.83. The standard InChI is InChI=1S/C17H25N5O/c1-20-16(7-8-18-20)17(23)15-11-14-12-21(13-5-2-3-6-13)9-4-10-22(14)19-15/h7-8,11,13,17,23H,2-6,9-10,12H2,1H3/t17-/m0/s1. The van der Waals surface area contributed by atoms with Crippen molar-refractivity contribution in [3.8, 4) is 0 Å². The van der Waals surface area contributed by atoms with E-state index in [1.54, 1.807) is 10.9 Å². The third kappa shape index (κ3) is 2.81. The van der Waals surface area contributed by atoms with Crippen LogP contribution in [0.1, 0.15) is 55.3 Å². The number of fused-ring (bicyclic) bond motifs is 1. The number of hydrogen-bond acceptors (Lipinski definition) is 4. The first kappa shape index (κ1) is 14.9. The van der Waals surface area contributed by atoms with Gasteiger partial charge in [0.05, 0.1) is 17.1 Å².